The summed E-state index contributed by atoms with van der Waals surface area (Å²) in [5.74, 6) is -0.643. The Morgan fingerprint density at radius 3 is 2.38 bits per heavy atom. The highest BCUT2D eigenvalue weighted by atomic mass is 16.5. The molecular formula is C28H27NO3. The highest BCUT2D eigenvalue weighted by Crippen LogP contribution is 2.51. The van der Waals surface area contributed by atoms with Crippen LogP contribution in [0, 0.1) is 5.41 Å². The molecule has 2 aromatic carbocycles. The summed E-state index contributed by atoms with van der Waals surface area (Å²) >= 11 is 0. The average molecular weight is 426 g/mol. The molecule has 0 bridgehead atoms. The van der Waals surface area contributed by atoms with Crippen molar-refractivity contribution in [2.45, 2.75) is 45.1 Å². The number of benzene rings is 2. The first-order chi connectivity index (χ1) is 15.6. The van der Waals surface area contributed by atoms with Gasteiger partial charge in [0, 0.05) is 34.7 Å². The maximum atomic E-state index is 13.5. The Morgan fingerprint density at radius 2 is 1.75 bits per heavy atom. The maximum Gasteiger partial charge on any atom is 0.337 e. The van der Waals surface area contributed by atoms with Crippen LogP contribution in [0.3, 0.4) is 0 Å². The molecule has 4 nitrogen and oxygen atoms in total. The van der Waals surface area contributed by atoms with Crippen LogP contribution in [-0.4, -0.2) is 11.8 Å². The number of nitrogens with one attached hydrogen (secondary N) is 1. The highest BCUT2D eigenvalue weighted by Gasteiger charge is 2.46. The topological polar surface area (TPSA) is 55.4 Å². The third-order valence-corrected chi connectivity index (χ3v) is 6.79. The van der Waals surface area contributed by atoms with E-state index in [-0.39, 0.29) is 23.8 Å². The van der Waals surface area contributed by atoms with Crippen LogP contribution in [0.1, 0.15) is 49.7 Å². The second kappa shape index (κ2) is 8.27. The quantitative estimate of drug-likeness (QED) is 0.519. The number of Topliss-reactive ketones (excluding diaryl/α,β-unsaturated/α-hetero) is 1. The van der Waals surface area contributed by atoms with E-state index in [2.05, 4.69) is 17.5 Å². The molecule has 2 aliphatic carbocycles. The van der Waals surface area contributed by atoms with Gasteiger partial charge in [0.15, 0.2) is 5.78 Å². The van der Waals surface area contributed by atoms with Crippen molar-refractivity contribution in [2.24, 2.45) is 5.41 Å². The SMILES string of the molecule is CCC1=C(C(=O)OCc2ccccc2)C(c2ccccc2)C2=C(CC3(C=CC3)CC2=O)N1. The molecule has 0 aromatic heterocycles. The van der Waals surface area contributed by atoms with Gasteiger partial charge in [0.1, 0.15) is 6.61 Å². The first kappa shape index (κ1) is 20.5. The molecule has 0 saturated carbocycles. The number of esters is 1. The molecular weight excluding hydrogens is 398 g/mol. The minimum Gasteiger partial charge on any atom is -0.457 e. The van der Waals surface area contributed by atoms with Crippen LogP contribution in [0.2, 0.25) is 0 Å². The number of dihydropyridines is 1. The van der Waals surface area contributed by atoms with Crippen molar-refractivity contribution in [2.75, 3.05) is 0 Å². The first-order valence-corrected chi connectivity index (χ1v) is 11.3. The van der Waals surface area contributed by atoms with Gasteiger partial charge in [0.25, 0.3) is 0 Å². The van der Waals surface area contributed by atoms with Gasteiger partial charge in [-0.2, -0.15) is 0 Å². The number of hydrogen-bond donors (Lipinski definition) is 1. The number of ketones is 1. The van der Waals surface area contributed by atoms with Crippen molar-refractivity contribution in [1.82, 2.24) is 5.32 Å². The lowest BCUT2D eigenvalue weighted by molar-refractivity contribution is -0.140. The van der Waals surface area contributed by atoms with Gasteiger partial charge in [-0.05, 0) is 30.4 Å². The van der Waals surface area contributed by atoms with E-state index >= 15 is 0 Å². The number of allylic oxidation sites excluding steroid dienone is 5. The van der Waals surface area contributed by atoms with E-state index < -0.39 is 5.92 Å². The van der Waals surface area contributed by atoms with Gasteiger partial charge < -0.3 is 10.1 Å². The summed E-state index contributed by atoms with van der Waals surface area (Å²) in [4.78, 5) is 26.9. The Kier molecular flexibility index (Phi) is 5.30. The third-order valence-electron chi connectivity index (χ3n) is 6.79. The van der Waals surface area contributed by atoms with E-state index in [9.17, 15) is 9.59 Å². The normalized spacial score (nSPS) is 24.2. The van der Waals surface area contributed by atoms with Gasteiger partial charge in [0.05, 0.1) is 5.57 Å². The van der Waals surface area contributed by atoms with E-state index in [1.54, 1.807) is 0 Å². The number of rotatable bonds is 5. The molecule has 1 N–H and O–H groups in total. The van der Waals surface area contributed by atoms with Crippen LogP contribution >= 0.6 is 0 Å². The molecule has 2 atom stereocenters. The number of carbonyl (C=O) groups is 2. The van der Waals surface area contributed by atoms with Crippen LogP contribution in [0.4, 0.5) is 0 Å². The Balaban J connectivity index is 1.54. The molecule has 1 spiro atoms. The molecule has 162 valence electrons. The maximum absolute atomic E-state index is 13.5. The minimum atomic E-state index is -0.403. The zero-order valence-corrected chi connectivity index (χ0v) is 18.3. The summed E-state index contributed by atoms with van der Waals surface area (Å²) in [6.45, 7) is 2.24. The number of ether oxygens (including phenoxy) is 1. The molecule has 0 radical (unpaired) electrons. The van der Waals surface area contributed by atoms with Gasteiger partial charge in [0.2, 0.25) is 0 Å². The van der Waals surface area contributed by atoms with Crippen molar-refractivity contribution in [3.8, 4) is 0 Å². The molecule has 32 heavy (non-hydrogen) atoms. The van der Waals surface area contributed by atoms with Crippen LogP contribution in [0.25, 0.3) is 0 Å². The predicted molar refractivity (Wildman–Crippen MR) is 123 cm³/mol. The second-order valence-electron chi connectivity index (χ2n) is 8.91. The summed E-state index contributed by atoms with van der Waals surface area (Å²) in [7, 11) is 0. The van der Waals surface area contributed by atoms with Crippen molar-refractivity contribution in [1.29, 1.82) is 0 Å². The zero-order valence-electron chi connectivity index (χ0n) is 18.3. The van der Waals surface area contributed by atoms with Gasteiger partial charge in [-0.15, -0.1) is 0 Å². The molecule has 1 heterocycles. The summed E-state index contributed by atoms with van der Waals surface area (Å²) in [6.07, 6.45) is 7.22. The molecule has 4 heteroatoms. The lowest BCUT2D eigenvalue weighted by atomic mass is 9.62. The Hall–Kier alpha value is -3.40. The standard InChI is InChI=1S/C28H27NO3/c1-2-21-26(27(31)32-18-19-10-5-3-6-11-19)24(20-12-7-4-8-13-20)25-22(29-21)16-28(14-9-15-28)17-23(25)30/h3-14,24,29H,2,15-18H2,1H3. The number of carbonyl (C=O) groups excluding carboxylic acids is 2. The molecule has 2 aromatic rings. The van der Waals surface area contributed by atoms with Crippen LogP contribution in [0.15, 0.2) is 95.4 Å². The summed E-state index contributed by atoms with van der Waals surface area (Å²) < 4.78 is 5.76. The van der Waals surface area contributed by atoms with E-state index in [0.29, 0.717) is 18.4 Å². The van der Waals surface area contributed by atoms with Gasteiger partial charge in [-0.25, -0.2) is 4.79 Å². The largest absolute Gasteiger partial charge is 0.457 e. The van der Waals surface area contributed by atoms with E-state index in [4.69, 9.17) is 4.74 Å². The van der Waals surface area contributed by atoms with Crippen molar-refractivity contribution < 1.29 is 14.3 Å². The van der Waals surface area contributed by atoms with E-state index in [0.717, 1.165) is 40.9 Å². The lowest BCUT2D eigenvalue weighted by Crippen LogP contribution is -2.41. The molecule has 0 fully saturated rings. The second-order valence-corrected chi connectivity index (χ2v) is 8.91. The van der Waals surface area contributed by atoms with E-state index in [1.807, 2.05) is 67.6 Å². The fourth-order valence-electron chi connectivity index (χ4n) is 5.12. The van der Waals surface area contributed by atoms with Crippen molar-refractivity contribution >= 4 is 11.8 Å². The van der Waals surface area contributed by atoms with Gasteiger partial charge in [-0.1, -0.05) is 79.7 Å². The molecule has 0 amide bonds. The molecule has 2 unspecified atom stereocenters. The number of hydrogen-bond acceptors (Lipinski definition) is 4. The lowest BCUT2D eigenvalue weighted by Gasteiger charge is -2.44. The van der Waals surface area contributed by atoms with Crippen molar-refractivity contribution in [3.63, 3.8) is 0 Å². The first-order valence-electron chi connectivity index (χ1n) is 11.3. The monoisotopic (exact) mass is 425 g/mol. The summed E-state index contributed by atoms with van der Waals surface area (Å²) in [5.41, 5.74) is 4.93. The average Bonchev–Trinajstić information content (AvgIpc) is 2.81. The third kappa shape index (κ3) is 3.60. The van der Waals surface area contributed by atoms with Crippen LogP contribution in [-0.2, 0) is 20.9 Å². The smallest absolute Gasteiger partial charge is 0.337 e. The summed E-state index contributed by atoms with van der Waals surface area (Å²) in [6, 6.07) is 19.5. The molecule has 1 aliphatic heterocycles. The van der Waals surface area contributed by atoms with Gasteiger partial charge >= 0.3 is 5.97 Å². The fraction of sp³-hybridized carbons (Fsp3) is 0.286. The fourth-order valence-corrected chi connectivity index (χ4v) is 5.12. The highest BCUT2D eigenvalue weighted by molar-refractivity contribution is 6.04. The minimum absolute atomic E-state index is 0.0612. The predicted octanol–water partition coefficient (Wildman–Crippen LogP) is 5.34. The van der Waals surface area contributed by atoms with Crippen LogP contribution < -0.4 is 5.32 Å². The molecule has 0 saturated heterocycles. The van der Waals surface area contributed by atoms with Crippen molar-refractivity contribution in [3.05, 3.63) is 106 Å². The molecule has 3 aliphatic rings. The summed E-state index contributed by atoms with van der Waals surface area (Å²) in [5, 5.41) is 3.49. The van der Waals surface area contributed by atoms with E-state index in [1.165, 1.54) is 0 Å². The zero-order chi connectivity index (χ0) is 22.1. The van der Waals surface area contributed by atoms with Gasteiger partial charge in [-0.3, -0.25) is 4.79 Å². The Bertz CT molecular complexity index is 1140. The van der Waals surface area contributed by atoms with Crippen LogP contribution in [0.5, 0.6) is 0 Å². The molecule has 5 rings (SSSR count). The Labute approximate surface area is 188 Å². The Morgan fingerprint density at radius 1 is 1.06 bits per heavy atom.